The zero-order valence-electron chi connectivity index (χ0n) is 19.8. The summed E-state index contributed by atoms with van der Waals surface area (Å²) in [5.41, 5.74) is -0.137. The summed E-state index contributed by atoms with van der Waals surface area (Å²) in [5.74, 6) is -3.90. The number of allylic oxidation sites excluding steroid dienone is 2. The van der Waals surface area contributed by atoms with E-state index in [4.69, 9.17) is 29.5 Å². The highest BCUT2D eigenvalue weighted by Crippen LogP contribution is 2.17. The number of nitrogens with zero attached hydrogens (tertiary/aromatic N) is 2. The van der Waals surface area contributed by atoms with Crippen LogP contribution in [0.3, 0.4) is 0 Å². The summed E-state index contributed by atoms with van der Waals surface area (Å²) >= 11 is 0. The minimum absolute atomic E-state index is 0.307. The molecule has 0 aromatic heterocycles. The third-order valence-corrected chi connectivity index (χ3v) is 4.16. The summed E-state index contributed by atoms with van der Waals surface area (Å²) in [5, 5.41) is 39.6. The molecule has 12 nitrogen and oxygen atoms in total. The second kappa shape index (κ2) is 14.4. The maximum Gasteiger partial charge on any atom is 0.349 e. The normalized spacial score (nSPS) is 13.5. The van der Waals surface area contributed by atoms with Gasteiger partial charge in [-0.1, -0.05) is 11.1 Å². The molecule has 0 aromatic rings. The van der Waals surface area contributed by atoms with Crippen molar-refractivity contribution in [2.75, 3.05) is 13.2 Å². The molecular formula is C22H28N2O10. The summed E-state index contributed by atoms with van der Waals surface area (Å²) < 4.78 is 19.7. The van der Waals surface area contributed by atoms with Crippen molar-refractivity contribution in [1.82, 2.24) is 0 Å². The lowest BCUT2D eigenvalue weighted by Crippen LogP contribution is -2.51. The molecule has 0 amide bonds. The first-order chi connectivity index (χ1) is 15.8. The van der Waals surface area contributed by atoms with Gasteiger partial charge in [-0.05, 0) is 27.7 Å². The SMILES string of the molecule is CC(=O)OCC(OC(=O)C(C#N)=C(C)C)C(O)C(O)C(COC(C)=O)OC(=O)C(C#N)=C(C)C. The van der Waals surface area contributed by atoms with Gasteiger partial charge in [0.05, 0.1) is 0 Å². The zero-order valence-corrected chi connectivity index (χ0v) is 19.8. The van der Waals surface area contributed by atoms with Crippen molar-refractivity contribution in [3.63, 3.8) is 0 Å². The second-order valence-electron chi connectivity index (χ2n) is 7.45. The fourth-order valence-electron chi connectivity index (χ4n) is 2.36. The van der Waals surface area contributed by atoms with Crippen LogP contribution in [-0.4, -0.2) is 71.7 Å². The first kappa shape index (κ1) is 30.3. The molecule has 0 aromatic carbocycles. The van der Waals surface area contributed by atoms with Gasteiger partial charge in [-0.15, -0.1) is 0 Å². The number of carbonyl (C=O) groups is 4. The molecule has 0 aliphatic carbocycles. The molecule has 34 heavy (non-hydrogen) atoms. The summed E-state index contributed by atoms with van der Waals surface area (Å²) in [6, 6.07) is 3.28. The molecule has 4 unspecified atom stereocenters. The van der Waals surface area contributed by atoms with Crippen LogP contribution in [0.25, 0.3) is 0 Å². The van der Waals surface area contributed by atoms with Gasteiger partial charge >= 0.3 is 23.9 Å². The average Bonchev–Trinajstić information content (AvgIpc) is 2.73. The highest BCUT2D eigenvalue weighted by atomic mass is 16.6. The molecule has 186 valence electrons. The van der Waals surface area contributed by atoms with Crippen LogP contribution in [0, 0.1) is 22.7 Å². The van der Waals surface area contributed by atoms with Crippen molar-refractivity contribution in [1.29, 1.82) is 10.5 Å². The van der Waals surface area contributed by atoms with E-state index in [1.807, 2.05) is 0 Å². The van der Waals surface area contributed by atoms with Crippen molar-refractivity contribution in [2.24, 2.45) is 0 Å². The number of ether oxygens (including phenoxy) is 4. The zero-order chi connectivity index (χ0) is 26.6. The van der Waals surface area contributed by atoms with Crippen LogP contribution in [0.1, 0.15) is 41.5 Å². The van der Waals surface area contributed by atoms with Crippen molar-refractivity contribution in [3.8, 4) is 12.1 Å². The molecule has 4 atom stereocenters. The Kier molecular flexibility index (Phi) is 12.8. The first-order valence-electron chi connectivity index (χ1n) is 9.96. The van der Waals surface area contributed by atoms with Crippen LogP contribution in [0.2, 0.25) is 0 Å². The minimum atomic E-state index is -2.04. The van der Waals surface area contributed by atoms with Crippen LogP contribution in [0.15, 0.2) is 22.3 Å². The van der Waals surface area contributed by atoms with Gasteiger partial charge in [-0.2, -0.15) is 10.5 Å². The number of hydrogen-bond donors (Lipinski definition) is 2. The Balaban J connectivity index is 5.99. The van der Waals surface area contributed by atoms with Gasteiger partial charge in [0.15, 0.2) is 12.2 Å². The fourth-order valence-corrected chi connectivity index (χ4v) is 2.36. The molecular weight excluding hydrogens is 452 g/mol. The predicted octanol–water partition coefficient (Wildman–Crippen LogP) is 0.378. The number of hydrogen-bond acceptors (Lipinski definition) is 12. The monoisotopic (exact) mass is 480 g/mol. The van der Waals surface area contributed by atoms with E-state index >= 15 is 0 Å². The summed E-state index contributed by atoms with van der Waals surface area (Å²) in [6.45, 7) is 6.54. The molecule has 2 N–H and O–H groups in total. The Bertz CT molecular complexity index is 854. The lowest BCUT2D eigenvalue weighted by atomic mass is 10.0. The molecule has 0 heterocycles. The van der Waals surface area contributed by atoms with E-state index in [-0.39, 0.29) is 11.1 Å². The third kappa shape index (κ3) is 9.81. The summed E-state index contributed by atoms with van der Waals surface area (Å²) in [7, 11) is 0. The quantitative estimate of drug-likeness (QED) is 0.179. The largest absolute Gasteiger partial charge is 0.462 e. The molecule has 0 spiro atoms. The highest BCUT2D eigenvalue weighted by Gasteiger charge is 2.39. The van der Waals surface area contributed by atoms with E-state index in [9.17, 15) is 29.4 Å². The standard InChI is InChI=1S/C22H28N2O10/c1-11(2)15(7-23)21(29)33-17(9-31-13(5)25)19(27)20(28)18(10-32-14(6)26)34-22(30)16(8-24)12(3)4/h17-20,27-28H,9-10H2,1-6H3. The van der Waals surface area contributed by atoms with Crippen molar-refractivity contribution >= 4 is 23.9 Å². The number of esters is 4. The number of carbonyl (C=O) groups excluding carboxylic acids is 4. The molecule has 0 aliphatic heterocycles. The van der Waals surface area contributed by atoms with Crippen molar-refractivity contribution in [2.45, 2.75) is 66.0 Å². The van der Waals surface area contributed by atoms with E-state index in [2.05, 4.69) is 0 Å². The molecule has 12 heteroatoms. The number of aliphatic hydroxyl groups is 2. The van der Waals surface area contributed by atoms with E-state index in [0.717, 1.165) is 13.8 Å². The Morgan fingerprint density at radius 1 is 0.676 bits per heavy atom. The van der Waals surface area contributed by atoms with Crippen LogP contribution in [0.5, 0.6) is 0 Å². The smallest absolute Gasteiger partial charge is 0.349 e. The summed E-state index contributed by atoms with van der Waals surface area (Å²) in [6.07, 6.45) is -7.48. The van der Waals surface area contributed by atoms with E-state index < -0.39 is 61.5 Å². The van der Waals surface area contributed by atoms with Gasteiger partial charge in [0.1, 0.15) is 48.7 Å². The van der Waals surface area contributed by atoms with Gasteiger partial charge in [0.2, 0.25) is 0 Å². The Labute approximate surface area is 196 Å². The van der Waals surface area contributed by atoms with E-state index in [1.165, 1.54) is 27.7 Å². The molecule has 0 fully saturated rings. The molecule has 0 bridgehead atoms. The van der Waals surface area contributed by atoms with Crippen LogP contribution >= 0.6 is 0 Å². The maximum absolute atomic E-state index is 12.3. The second-order valence-corrected chi connectivity index (χ2v) is 7.45. The van der Waals surface area contributed by atoms with Crippen LogP contribution in [0.4, 0.5) is 0 Å². The topological polar surface area (TPSA) is 193 Å². The minimum Gasteiger partial charge on any atom is -0.462 e. The van der Waals surface area contributed by atoms with Gasteiger partial charge in [0, 0.05) is 13.8 Å². The first-order valence-corrected chi connectivity index (χ1v) is 9.96. The molecule has 0 saturated heterocycles. The Morgan fingerprint density at radius 3 is 1.18 bits per heavy atom. The lowest BCUT2D eigenvalue weighted by molar-refractivity contribution is -0.184. The van der Waals surface area contributed by atoms with Crippen molar-refractivity contribution < 1.29 is 48.3 Å². The maximum atomic E-state index is 12.3. The van der Waals surface area contributed by atoms with E-state index in [1.54, 1.807) is 12.1 Å². The lowest BCUT2D eigenvalue weighted by Gasteiger charge is -2.30. The molecule has 0 aliphatic rings. The van der Waals surface area contributed by atoms with Crippen LogP contribution in [-0.2, 0) is 38.1 Å². The third-order valence-electron chi connectivity index (χ3n) is 4.16. The highest BCUT2D eigenvalue weighted by molar-refractivity contribution is 5.94. The van der Waals surface area contributed by atoms with Gasteiger partial charge < -0.3 is 29.2 Å². The van der Waals surface area contributed by atoms with Gasteiger partial charge in [-0.25, -0.2) is 9.59 Å². The molecule has 0 saturated carbocycles. The Hall–Kier alpha value is -3.74. The van der Waals surface area contributed by atoms with Gasteiger partial charge in [-0.3, -0.25) is 9.59 Å². The van der Waals surface area contributed by atoms with Crippen molar-refractivity contribution in [3.05, 3.63) is 22.3 Å². The summed E-state index contributed by atoms with van der Waals surface area (Å²) in [4.78, 5) is 47.1. The predicted molar refractivity (Wildman–Crippen MR) is 113 cm³/mol. The Morgan fingerprint density at radius 2 is 0.971 bits per heavy atom. The molecule has 0 rings (SSSR count). The number of rotatable bonds is 11. The number of nitriles is 2. The van der Waals surface area contributed by atoms with E-state index in [0.29, 0.717) is 11.1 Å². The number of aliphatic hydroxyl groups excluding tert-OH is 2. The fraction of sp³-hybridized carbons (Fsp3) is 0.545. The average molecular weight is 480 g/mol. The van der Waals surface area contributed by atoms with Crippen LogP contribution < -0.4 is 0 Å². The molecule has 0 radical (unpaired) electrons. The van der Waals surface area contributed by atoms with Gasteiger partial charge in [0.25, 0.3) is 0 Å².